The monoisotopic (exact) mass is 360 g/mol. The maximum absolute atomic E-state index is 13.3. The standard InChI is InChI=1S/C21H26F2N2O/c1-3-4-13-24-15-20(26)25-21(2,17-7-11-19(23)12-8-17)14-16-5-9-18(22)10-6-16/h5-12,24H,3-4,13-15H2,1-2H3,(H,25,26). The summed E-state index contributed by atoms with van der Waals surface area (Å²) in [5.74, 6) is -0.762. The fourth-order valence-corrected chi connectivity index (χ4v) is 2.90. The minimum atomic E-state index is -0.727. The number of benzene rings is 2. The van der Waals surface area contributed by atoms with E-state index in [-0.39, 0.29) is 24.1 Å². The molecule has 2 rings (SSSR count). The molecule has 0 saturated heterocycles. The van der Waals surface area contributed by atoms with Crippen molar-refractivity contribution in [2.45, 2.75) is 38.6 Å². The number of halogens is 2. The molecule has 0 aliphatic heterocycles. The molecule has 1 amide bonds. The summed E-state index contributed by atoms with van der Waals surface area (Å²) < 4.78 is 26.5. The highest BCUT2D eigenvalue weighted by atomic mass is 19.1. The van der Waals surface area contributed by atoms with Crippen LogP contribution < -0.4 is 10.6 Å². The highest BCUT2D eigenvalue weighted by Gasteiger charge is 2.29. The number of hydrogen-bond acceptors (Lipinski definition) is 2. The summed E-state index contributed by atoms with van der Waals surface area (Å²) in [6.45, 7) is 5.00. The number of carbonyl (C=O) groups is 1. The van der Waals surface area contributed by atoms with E-state index in [4.69, 9.17) is 0 Å². The van der Waals surface area contributed by atoms with E-state index in [9.17, 15) is 13.6 Å². The quantitative estimate of drug-likeness (QED) is 0.665. The Balaban J connectivity index is 2.16. The minimum absolute atomic E-state index is 0.130. The molecule has 1 atom stereocenters. The first kappa shape index (κ1) is 20.0. The maximum atomic E-state index is 13.3. The molecule has 0 saturated carbocycles. The summed E-state index contributed by atoms with van der Waals surface area (Å²) in [5, 5.41) is 6.17. The average molecular weight is 360 g/mol. The molecule has 5 heteroatoms. The fraction of sp³-hybridized carbons (Fsp3) is 0.381. The third kappa shape index (κ3) is 5.92. The van der Waals surface area contributed by atoms with Crippen LogP contribution in [0.3, 0.4) is 0 Å². The Morgan fingerprint density at radius 1 is 1.00 bits per heavy atom. The molecular formula is C21H26F2N2O. The predicted octanol–water partition coefficient (Wildman–Crippen LogP) is 3.93. The first-order chi connectivity index (χ1) is 12.4. The van der Waals surface area contributed by atoms with Crippen LogP contribution in [0.5, 0.6) is 0 Å². The number of rotatable bonds is 9. The van der Waals surface area contributed by atoms with E-state index in [1.807, 2.05) is 6.92 Å². The smallest absolute Gasteiger partial charge is 0.234 e. The van der Waals surface area contributed by atoms with Gasteiger partial charge in [0, 0.05) is 0 Å². The van der Waals surface area contributed by atoms with Crippen LogP contribution in [0.15, 0.2) is 48.5 Å². The van der Waals surface area contributed by atoms with Gasteiger partial charge in [-0.25, -0.2) is 8.78 Å². The molecule has 0 aliphatic carbocycles. The predicted molar refractivity (Wildman–Crippen MR) is 99.8 cm³/mol. The Hall–Kier alpha value is -2.27. The van der Waals surface area contributed by atoms with Crippen LogP contribution in [-0.4, -0.2) is 19.0 Å². The Morgan fingerprint density at radius 3 is 2.15 bits per heavy atom. The maximum Gasteiger partial charge on any atom is 0.234 e. The number of carbonyl (C=O) groups excluding carboxylic acids is 1. The van der Waals surface area contributed by atoms with E-state index >= 15 is 0 Å². The molecular weight excluding hydrogens is 334 g/mol. The van der Waals surface area contributed by atoms with Crippen LogP contribution in [0.4, 0.5) is 8.78 Å². The number of hydrogen-bond donors (Lipinski definition) is 2. The molecule has 0 aliphatic rings. The molecule has 2 aromatic carbocycles. The van der Waals surface area contributed by atoms with Crippen molar-refractivity contribution in [1.82, 2.24) is 10.6 Å². The van der Waals surface area contributed by atoms with Crippen LogP contribution in [0.2, 0.25) is 0 Å². The summed E-state index contributed by atoms with van der Waals surface area (Å²) in [4.78, 5) is 12.4. The van der Waals surface area contributed by atoms with Crippen molar-refractivity contribution >= 4 is 5.91 Å². The number of unbranched alkanes of at least 4 members (excludes halogenated alkanes) is 1. The van der Waals surface area contributed by atoms with Gasteiger partial charge in [0.1, 0.15) is 11.6 Å². The van der Waals surface area contributed by atoms with E-state index in [1.54, 1.807) is 24.3 Å². The van der Waals surface area contributed by atoms with Crippen molar-refractivity contribution in [3.8, 4) is 0 Å². The van der Waals surface area contributed by atoms with Gasteiger partial charge < -0.3 is 10.6 Å². The van der Waals surface area contributed by atoms with Gasteiger partial charge in [-0.05, 0) is 61.7 Å². The number of nitrogens with one attached hydrogen (secondary N) is 2. The van der Waals surface area contributed by atoms with Gasteiger partial charge in [-0.1, -0.05) is 37.6 Å². The first-order valence-corrected chi connectivity index (χ1v) is 8.95. The molecule has 26 heavy (non-hydrogen) atoms. The van der Waals surface area contributed by atoms with Crippen LogP contribution >= 0.6 is 0 Å². The van der Waals surface area contributed by atoms with Gasteiger partial charge in [-0.15, -0.1) is 0 Å². The average Bonchev–Trinajstić information content (AvgIpc) is 2.61. The van der Waals surface area contributed by atoms with E-state index in [1.165, 1.54) is 24.3 Å². The van der Waals surface area contributed by atoms with Crippen LogP contribution in [0.25, 0.3) is 0 Å². The summed E-state index contributed by atoms with van der Waals surface area (Å²) in [6, 6.07) is 12.3. The van der Waals surface area contributed by atoms with Crippen LogP contribution in [-0.2, 0) is 16.8 Å². The molecule has 0 fully saturated rings. The molecule has 0 heterocycles. The van der Waals surface area contributed by atoms with E-state index in [0.717, 1.165) is 30.5 Å². The van der Waals surface area contributed by atoms with Gasteiger partial charge in [-0.2, -0.15) is 0 Å². The molecule has 140 valence electrons. The van der Waals surface area contributed by atoms with Gasteiger partial charge in [0.05, 0.1) is 12.1 Å². The van der Waals surface area contributed by atoms with Gasteiger partial charge in [-0.3, -0.25) is 4.79 Å². The largest absolute Gasteiger partial charge is 0.345 e. The summed E-state index contributed by atoms with van der Waals surface area (Å²) in [6.07, 6.45) is 2.55. The van der Waals surface area contributed by atoms with E-state index in [0.29, 0.717) is 6.42 Å². The van der Waals surface area contributed by atoms with Crippen molar-refractivity contribution in [3.05, 3.63) is 71.3 Å². The molecule has 2 aromatic rings. The molecule has 3 nitrogen and oxygen atoms in total. The Labute approximate surface area is 153 Å². The zero-order valence-electron chi connectivity index (χ0n) is 15.3. The second kappa shape index (κ2) is 9.43. The molecule has 0 radical (unpaired) electrons. The lowest BCUT2D eigenvalue weighted by molar-refractivity contribution is -0.122. The normalized spacial score (nSPS) is 13.2. The van der Waals surface area contributed by atoms with Crippen LogP contribution in [0.1, 0.15) is 37.8 Å². The van der Waals surface area contributed by atoms with Crippen molar-refractivity contribution in [3.63, 3.8) is 0 Å². The highest BCUT2D eigenvalue weighted by molar-refractivity contribution is 5.79. The van der Waals surface area contributed by atoms with E-state index < -0.39 is 5.54 Å². The lowest BCUT2D eigenvalue weighted by atomic mass is 9.85. The number of amides is 1. The van der Waals surface area contributed by atoms with Crippen molar-refractivity contribution in [1.29, 1.82) is 0 Å². The third-order valence-electron chi connectivity index (χ3n) is 4.36. The Bertz CT molecular complexity index is 701. The first-order valence-electron chi connectivity index (χ1n) is 8.95. The van der Waals surface area contributed by atoms with E-state index in [2.05, 4.69) is 17.6 Å². The SMILES string of the molecule is CCCCNCC(=O)NC(C)(Cc1ccc(F)cc1)c1ccc(F)cc1. The summed E-state index contributed by atoms with van der Waals surface area (Å²) in [5.41, 5.74) is 0.956. The molecule has 2 N–H and O–H groups in total. The van der Waals surface area contributed by atoms with Crippen molar-refractivity contribution < 1.29 is 13.6 Å². The third-order valence-corrected chi connectivity index (χ3v) is 4.36. The zero-order valence-corrected chi connectivity index (χ0v) is 15.3. The second-order valence-electron chi connectivity index (χ2n) is 6.72. The van der Waals surface area contributed by atoms with Gasteiger partial charge in [0.15, 0.2) is 0 Å². The minimum Gasteiger partial charge on any atom is -0.345 e. The molecule has 0 bridgehead atoms. The lowest BCUT2D eigenvalue weighted by Crippen LogP contribution is -2.48. The molecule has 0 spiro atoms. The summed E-state index contributed by atoms with van der Waals surface area (Å²) >= 11 is 0. The topological polar surface area (TPSA) is 41.1 Å². The molecule has 0 aromatic heterocycles. The van der Waals surface area contributed by atoms with Gasteiger partial charge in [0.2, 0.25) is 5.91 Å². The van der Waals surface area contributed by atoms with Crippen molar-refractivity contribution in [2.24, 2.45) is 0 Å². The highest BCUT2D eigenvalue weighted by Crippen LogP contribution is 2.26. The van der Waals surface area contributed by atoms with Gasteiger partial charge in [0.25, 0.3) is 0 Å². The second-order valence-corrected chi connectivity index (χ2v) is 6.72. The summed E-state index contributed by atoms with van der Waals surface area (Å²) in [7, 11) is 0. The molecule has 1 unspecified atom stereocenters. The van der Waals surface area contributed by atoms with Gasteiger partial charge >= 0.3 is 0 Å². The zero-order chi connectivity index (χ0) is 19.0. The van der Waals surface area contributed by atoms with Crippen molar-refractivity contribution in [2.75, 3.05) is 13.1 Å². The Kier molecular flexibility index (Phi) is 7.27. The lowest BCUT2D eigenvalue weighted by Gasteiger charge is -2.32. The van der Waals surface area contributed by atoms with Crippen LogP contribution in [0, 0.1) is 11.6 Å². The fourth-order valence-electron chi connectivity index (χ4n) is 2.90. The Morgan fingerprint density at radius 2 is 1.58 bits per heavy atom.